The molecule has 21 heavy (non-hydrogen) atoms. The zero-order chi connectivity index (χ0) is 15.6. The average Bonchev–Trinajstić information content (AvgIpc) is 2.49. The maximum atomic E-state index is 13.3. The highest BCUT2D eigenvalue weighted by Crippen LogP contribution is 2.30. The number of nitrogens with zero attached hydrogens (tertiary/aromatic N) is 1. The molecule has 1 saturated heterocycles. The Morgan fingerprint density at radius 2 is 2.05 bits per heavy atom. The third-order valence-corrected chi connectivity index (χ3v) is 6.07. The van der Waals surface area contributed by atoms with E-state index in [9.17, 15) is 17.2 Å². The van der Waals surface area contributed by atoms with Gasteiger partial charge < -0.3 is 5.73 Å². The molecule has 1 aromatic carbocycles. The Morgan fingerprint density at radius 1 is 1.33 bits per heavy atom. The lowest BCUT2D eigenvalue weighted by Gasteiger charge is -2.37. The molecule has 0 amide bonds. The van der Waals surface area contributed by atoms with E-state index in [0.29, 0.717) is 18.9 Å². The van der Waals surface area contributed by atoms with Crippen molar-refractivity contribution >= 4 is 10.0 Å². The van der Waals surface area contributed by atoms with Gasteiger partial charge in [0.1, 0.15) is 0 Å². The normalized spacial score (nSPS) is 24.2. The summed E-state index contributed by atoms with van der Waals surface area (Å²) in [6.45, 7) is 2.65. The fraction of sp³-hybridized carbons (Fsp3) is 0.571. The van der Waals surface area contributed by atoms with Crippen molar-refractivity contribution in [3.05, 3.63) is 29.8 Å². The highest BCUT2D eigenvalue weighted by Gasteiger charge is 2.35. The second-order valence-electron chi connectivity index (χ2n) is 5.38. The molecule has 1 aliphatic rings. The first-order valence-electron chi connectivity index (χ1n) is 7.07. The fourth-order valence-electron chi connectivity index (χ4n) is 2.79. The number of halogens is 2. The van der Waals surface area contributed by atoms with Crippen LogP contribution in [0.4, 0.5) is 8.78 Å². The second-order valence-corrected chi connectivity index (χ2v) is 7.27. The lowest BCUT2D eigenvalue weighted by atomic mass is 9.90. The van der Waals surface area contributed by atoms with Crippen molar-refractivity contribution in [3.8, 4) is 0 Å². The Kier molecular flexibility index (Phi) is 4.95. The van der Waals surface area contributed by atoms with Crippen molar-refractivity contribution in [1.29, 1.82) is 0 Å². The first kappa shape index (κ1) is 16.3. The molecule has 0 spiro atoms. The van der Waals surface area contributed by atoms with Gasteiger partial charge in [-0.25, -0.2) is 17.2 Å². The zero-order valence-electron chi connectivity index (χ0n) is 11.9. The molecule has 2 rings (SSSR count). The first-order valence-corrected chi connectivity index (χ1v) is 8.51. The molecule has 0 bridgehead atoms. The van der Waals surface area contributed by atoms with Crippen molar-refractivity contribution < 1.29 is 17.2 Å². The summed E-state index contributed by atoms with van der Waals surface area (Å²) in [6.07, 6.45) is 2.45. The maximum absolute atomic E-state index is 13.3. The molecule has 2 atom stereocenters. The molecule has 2 N–H and O–H groups in total. The second kappa shape index (κ2) is 6.37. The van der Waals surface area contributed by atoms with Gasteiger partial charge in [0.2, 0.25) is 10.0 Å². The van der Waals surface area contributed by atoms with Crippen LogP contribution in [-0.2, 0) is 10.0 Å². The SMILES string of the molecule is CCC1CCN(S(=O)(=O)c2ccc(F)c(F)c2)C(CN)C1. The highest BCUT2D eigenvalue weighted by molar-refractivity contribution is 7.89. The van der Waals surface area contributed by atoms with Crippen molar-refractivity contribution in [1.82, 2.24) is 4.31 Å². The number of piperidine rings is 1. The van der Waals surface area contributed by atoms with E-state index in [0.717, 1.165) is 31.0 Å². The van der Waals surface area contributed by atoms with Crippen LogP contribution in [0.3, 0.4) is 0 Å². The van der Waals surface area contributed by atoms with E-state index in [2.05, 4.69) is 6.92 Å². The van der Waals surface area contributed by atoms with Gasteiger partial charge in [0, 0.05) is 19.1 Å². The molecule has 1 fully saturated rings. The van der Waals surface area contributed by atoms with Crippen LogP contribution in [0.2, 0.25) is 0 Å². The number of hydrogen-bond donors (Lipinski definition) is 1. The minimum Gasteiger partial charge on any atom is -0.329 e. The Balaban J connectivity index is 2.31. The summed E-state index contributed by atoms with van der Waals surface area (Å²) in [6, 6.07) is 2.36. The molecule has 1 aromatic rings. The standard InChI is InChI=1S/C14H20F2N2O2S/c1-2-10-5-6-18(11(7-10)9-17)21(19,20)12-3-4-13(15)14(16)8-12/h3-4,8,10-11H,2,5-7,9,17H2,1H3. The summed E-state index contributed by atoms with van der Waals surface area (Å²) in [5.41, 5.74) is 5.70. The largest absolute Gasteiger partial charge is 0.329 e. The molecular formula is C14H20F2N2O2S. The fourth-order valence-corrected chi connectivity index (χ4v) is 4.46. The first-order chi connectivity index (χ1) is 9.90. The predicted octanol–water partition coefficient (Wildman–Crippen LogP) is 2.10. The van der Waals surface area contributed by atoms with E-state index >= 15 is 0 Å². The molecule has 1 heterocycles. The van der Waals surface area contributed by atoms with E-state index in [1.54, 1.807) is 0 Å². The van der Waals surface area contributed by atoms with Gasteiger partial charge in [-0.3, -0.25) is 0 Å². The summed E-state index contributed by atoms with van der Waals surface area (Å²) >= 11 is 0. The number of nitrogens with two attached hydrogens (primary N) is 1. The summed E-state index contributed by atoms with van der Waals surface area (Å²) < 4.78 is 52.8. The number of benzene rings is 1. The smallest absolute Gasteiger partial charge is 0.243 e. The summed E-state index contributed by atoms with van der Waals surface area (Å²) in [5, 5.41) is 0. The third kappa shape index (κ3) is 3.25. The lowest BCUT2D eigenvalue weighted by Crippen LogP contribution is -2.49. The van der Waals surface area contributed by atoms with Crippen LogP contribution in [0.5, 0.6) is 0 Å². The van der Waals surface area contributed by atoms with E-state index < -0.39 is 21.7 Å². The minimum atomic E-state index is -3.85. The zero-order valence-corrected chi connectivity index (χ0v) is 12.7. The van der Waals surface area contributed by atoms with Gasteiger partial charge in [0.05, 0.1) is 4.90 Å². The summed E-state index contributed by atoms with van der Waals surface area (Å²) in [4.78, 5) is -0.227. The summed E-state index contributed by atoms with van der Waals surface area (Å²) in [5.74, 6) is -1.77. The van der Waals surface area contributed by atoms with Crippen molar-refractivity contribution in [2.45, 2.75) is 37.1 Å². The van der Waals surface area contributed by atoms with Crippen LogP contribution >= 0.6 is 0 Å². The topological polar surface area (TPSA) is 63.4 Å². The van der Waals surface area contributed by atoms with Gasteiger partial charge in [-0.15, -0.1) is 0 Å². The molecule has 4 nitrogen and oxygen atoms in total. The average molecular weight is 318 g/mol. The molecule has 0 saturated carbocycles. The lowest BCUT2D eigenvalue weighted by molar-refractivity contribution is 0.197. The minimum absolute atomic E-state index is 0.222. The molecule has 7 heteroatoms. The van der Waals surface area contributed by atoms with Crippen LogP contribution in [-0.4, -0.2) is 31.9 Å². The van der Waals surface area contributed by atoms with Crippen LogP contribution in [0, 0.1) is 17.6 Å². The van der Waals surface area contributed by atoms with Gasteiger partial charge in [0.25, 0.3) is 0 Å². The molecule has 2 unspecified atom stereocenters. The Hall–Kier alpha value is -1.05. The quantitative estimate of drug-likeness (QED) is 0.925. The van der Waals surface area contributed by atoms with Gasteiger partial charge in [0.15, 0.2) is 11.6 Å². The molecular weight excluding hydrogens is 298 g/mol. The van der Waals surface area contributed by atoms with Crippen molar-refractivity contribution in [3.63, 3.8) is 0 Å². The van der Waals surface area contributed by atoms with Crippen LogP contribution in [0.25, 0.3) is 0 Å². The molecule has 0 radical (unpaired) electrons. The number of rotatable bonds is 4. The third-order valence-electron chi connectivity index (χ3n) is 4.12. The summed E-state index contributed by atoms with van der Waals surface area (Å²) in [7, 11) is -3.85. The van der Waals surface area contributed by atoms with Crippen molar-refractivity contribution in [2.24, 2.45) is 11.7 Å². The Bertz CT molecular complexity index is 607. The Morgan fingerprint density at radius 3 is 2.62 bits per heavy atom. The monoisotopic (exact) mass is 318 g/mol. The Labute approximate surface area is 124 Å². The molecule has 0 aliphatic carbocycles. The van der Waals surface area contributed by atoms with Crippen LogP contribution in [0.15, 0.2) is 23.1 Å². The maximum Gasteiger partial charge on any atom is 0.243 e. The van der Waals surface area contributed by atoms with Crippen molar-refractivity contribution in [2.75, 3.05) is 13.1 Å². The van der Waals surface area contributed by atoms with E-state index in [4.69, 9.17) is 5.73 Å². The van der Waals surface area contributed by atoms with Crippen LogP contribution < -0.4 is 5.73 Å². The molecule has 118 valence electrons. The van der Waals surface area contributed by atoms with Crippen LogP contribution in [0.1, 0.15) is 26.2 Å². The molecule has 1 aliphatic heterocycles. The van der Waals surface area contributed by atoms with E-state index in [-0.39, 0.29) is 17.5 Å². The van der Waals surface area contributed by atoms with Gasteiger partial charge in [-0.05, 0) is 37.0 Å². The van der Waals surface area contributed by atoms with E-state index in [1.807, 2.05) is 0 Å². The van der Waals surface area contributed by atoms with Gasteiger partial charge >= 0.3 is 0 Å². The number of hydrogen-bond acceptors (Lipinski definition) is 3. The highest BCUT2D eigenvalue weighted by atomic mass is 32.2. The number of sulfonamides is 1. The predicted molar refractivity (Wildman–Crippen MR) is 76.1 cm³/mol. The van der Waals surface area contributed by atoms with Gasteiger partial charge in [-0.2, -0.15) is 4.31 Å². The van der Waals surface area contributed by atoms with Gasteiger partial charge in [-0.1, -0.05) is 13.3 Å². The molecule has 0 aromatic heterocycles. The van der Waals surface area contributed by atoms with E-state index in [1.165, 1.54) is 4.31 Å².